The highest BCUT2D eigenvalue weighted by Crippen LogP contribution is 2.29. The SMILES string of the molecule is O=S(=O)(NCc1ccc(-c2ccco2)o1)c1ccccc1OC(F)(F)F. The number of halogens is 3. The van der Waals surface area contributed by atoms with Gasteiger partial charge in [0.1, 0.15) is 16.4 Å². The van der Waals surface area contributed by atoms with Gasteiger partial charge >= 0.3 is 6.36 Å². The van der Waals surface area contributed by atoms with Crippen molar-refractivity contribution in [3.63, 3.8) is 0 Å². The second-order valence-electron chi connectivity index (χ2n) is 5.06. The molecule has 3 rings (SSSR count). The van der Waals surface area contributed by atoms with Crippen LogP contribution in [0.4, 0.5) is 13.2 Å². The summed E-state index contributed by atoms with van der Waals surface area (Å²) in [5.41, 5.74) is 0. The Kier molecular flexibility index (Phi) is 4.79. The van der Waals surface area contributed by atoms with Gasteiger partial charge in [0, 0.05) is 0 Å². The van der Waals surface area contributed by atoms with Crippen LogP contribution in [-0.2, 0) is 16.6 Å². The van der Waals surface area contributed by atoms with E-state index >= 15 is 0 Å². The molecule has 2 heterocycles. The molecule has 0 saturated heterocycles. The van der Waals surface area contributed by atoms with Gasteiger partial charge in [0.05, 0.1) is 12.8 Å². The number of benzene rings is 1. The highest BCUT2D eigenvalue weighted by Gasteiger charge is 2.34. The average Bonchev–Trinajstić information content (AvgIpc) is 3.23. The molecule has 26 heavy (non-hydrogen) atoms. The zero-order valence-corrected chi connectivity index (χ0v) is 13.8. The van der Waals surface area contributed by atoms with E-state index in [1.54, 1.807) is 18.2 Å². The summed E-state index contributed by atoms with van der Waals surface area (Å²) in [6, 6.07) is 10.9. The van der Waals surface area contributed by atoms with Crippen molar-refractivity contribution < 1.29 is 35.2 Å². The smallest absolute Gasteiger partial charge is 0.461 e. The predicted octanol–water partition coefficient (Wildman–Crippen LogP) is 3.92. The van der Waals surface area contributed by atoms with Crippen LogP contribution in [0.2, 0.25) is 0 Å². The normalized spacial score (nSPS) is 12.3. The number of alkyl halides is 3. The predicted molar refractivity (Wildman–Crippen MR) is 83.6 cm³/mol. The van der Waals surface area contributed by atoms with Crippen LogP contribution in [0.1, 0.15) is 5.76 Å². The summed E-state index contributed by atoms with van der Waals surface area (Å²) in [4.78, 5) is -0.630. The molecule has 0 unspecified atom stereocenters. The molecule has 1 N–H and O–H groups in total. The Balaban J connectivity index is 1.76. The fourth-order valence-electron chi connectivity index (χ4n) is 2.15. The first-order valence-corrected chi connectivity index (χ1v) is 8.70. The number of hydrogen-bond donors (Lipinski definition) is 1. The third-order valence-electron chi connectivity index (χ3n) is 3.23. The first kappa shape index (κ1) is 18.1. The highest BCUT2D eigenvalue weighted by atomic mass is 32.2. The molecule has 0 saturated carbocycles. The van der Waals surface area contributed by atoms with Gasteiger partial charge in [-0.2, -0.15) is 0 Å². The molecule has 1 aromatic carbocycles. The van der Waals surface area contributed by atoms with Gasteiger partial charge in [0.2, 0.25) is 10.0 Å². The average molecular weight is 387 g/mol. The zero-order chi connectivity index (χ0) is 18.8. The van der Waals surface area contributed by atoms with Gasteiger partial charge in [-0.15, -0.1) is 13.2 Å². The lowest BCUT2D eigenvalue weighted by Gasteiger charge is -2.13. The van der Waals surface area contributed by atoms with Gasteiger partial charge in [-0.3, -0.25) is 0 Å². The standard InChI is InChI=1S/C16H12F3NO5S/c17-16(18,19)25-14-4-1-2-6-15(14)26(21,22)20-10-11-7-8-13(24-11)12-5-3-9-23-12/h1-9,20H,10H2. The maximum Gasteiger partial charge on any atom is 0.573 e. The van der Waals surface area contributed by atoms with Crippen LogP contribution in [0.5, 0.6) is 5.75 Å². The Bertz CT molecular complexity index is 977. The lowest BCUT2D eigenvalue weighted by molar-refractivity contribution is -0.275. The first-order valence-electron chi connectivity index (χ1n) is 7.22. The largest absolute Gasteiger partial charge is 0.573 e. The quantitative estimate of drug-likeness (QED) is 0.693. The number of para-hydroxylation sites is 1. The summed E-state index contributed by atoms with van der Waals surface area (Å²) in [6.45, 7) is -0.261. The van der Waals surface area contributed by atoms with Crippen molar-refractivity contribution in [1.29, 1.82) is 0 Å². The van der Waals surface area contributed by atoms with Gasteiger partial charge in [0.15, 0.2) is 11.5 Å². The third kappa shape index (κ3) is 4.27. The molecular weight excluding hydrogens is 375 g/mol. The second-order valence-corrected chi connectivity index (χ2v) is 6.80. The molecule has 10 heteroatoms. The molecule has 0 aliphatic heterocycles. The summed E-state index contributed by atoms with van der Waals surface area (Å²) >= 11 is 0. The van der Waals surface area contributed by atoms with E-state index in [0.29, 0.717) is 11.5 Å². The van der Waals surface area contributed by atoms with Crippen molar-refractivity contribution in [2.24, 2.45) is 0 Å². The van der Waals surface area contributed by atoms with Crippen molar-refractivity contribution in [3.05, 3.63) is 60.6 Å². The molecule has 0 aliphatic carbocycles. The summed E-state index contributed by atoms with van der Waals surface area (Å²) in [5.74, 6) is 0.297. The molecule has 0 radical (unpaired) electrons. The van der Waals surface area contributed by atoms with Crippen LogP contribution in [0.25, 0.3) is 11.5 Å². The molecule has 0 atom stereocenters. The minimum atomic E-state index is -5.01. The van der Waals surface area contributed by atoms with E-state index in [1.165, 1.54) is 24.5 Å². The van der Waals surface area contributed by atoms with Crippen molar-refractivity contribution in [2.45, 2.75) is 17.8 Å². The second kappa shape index (κ2) is 6.89. The molecule has 138 valence electrons. The van der Waals surface area contributed by atoms with Gasteiger partial charge in [-0.05, 0) is 36.4 Å². The maximum atomic E-state index is 12.4. The minimum absolute atomic E-state index is 0.259. The number of ether oxygens (including phenoxy) is 1. The van der Waals surface area contributed by atoms with E-state index in [1.807, 2.05) is 0 Å². The molecule has 0 fully saturated rings. The first-order chi connectivity index (χ1) is 12.2. The van der Waals surface area contributed by atoms with E-state index in [-0.39, 0.29) is 12.3 Å². The van der Waals surface area contributed by atoms with Crippen molar-refractivity contribution >= 4 is 10.0 Å². The maximum absolute atomic E-state index is 12.4. The number of hydrogen-bond acceptors (Lipinski definition) is 5. The fourth-order valence-corrected chi connectivity index (χ4v) is 3.27. The Morgan fingerprint density at radius 3 is 2.46 bits per heavy atom. The van der Waals surface area contributed by atoms with Crippen molar-refractivity contribution in [2.75, 3.05) is 0 Å². The Morgan fingerprint density at radius 2 is 1.77 bits per heavy atom. The van der Waals surface area contributed by atoms with Crippen LogP contribution >= 0.6 is 0 Å². The van der Waals surface area contributed by atoms with E-state index in [2.05, 4.69) is 9.46 Å². The molecular formula is C16H12F3NO5S. The number of furan rings is 2. The number of rotatable bonds is 6. The molecule has 0 spiro atoms. The molecule has 0 aliphatic rings. The fraction of sp³-hybridized carbons (Fsp3) is 0.125. The van der Waals surface area contributed by atoms with Gasteiger partial charge in [0.25, 0.3) is 0 Å². The monoisotopic (exact) mass is 387 g/mol. The Labute approximate surface area is 146 Å². The lowest BCUT2D eigenvalue weighted by atomic mass is 10.3. The van der Waals surface area contributed by atoms with Crippen LogP contribution in [0.15, 0.2) is 68.5 Å². The molecule has 2 aromatic heterocycles. The topological polar surface area (TPSA) is 81.7 Å². The summed E-state index contributed by atoms with van der Waals surface area (Å²) in [5, 5.41) is 0. The van der Waals surface area contributed by atoms with Crippen LogP contribution in [0.3, 0.4) is 0 Å². The van der Waals surface area contributed by atoms with Gasteiger partial charge in [-0.1, -0.05) is 12.1 Å². The molecule has 0 amide bonds. The zero-order valence-electron chi connectivity index (χ0n) is 13.0. The summed E-state index contributed by atoms with van der Waals surface area (Å²) in [7, 11) is -4.26. The van der Waals surface area contributed by atoms with Crippen LogP contribution in [0, 0.1) is 0 Å². The summed E-state index contributed by atoms with van der Waals surface area (Å²) < 4.78 is 78.5. The molecule has 3 aromatic rings. The van der Waals surface area contributed by atoms with Gasteiger partial charge < -0.3 is 13.6 Å². The van der Waals surface area contributed by atoms with Crippen molar-refractivity contribution in [1.82, 2.24) is 4.72 Å². The van der Waals surface area contributed by atoms with E-state index in [4.69, 9.17) is 8.83 Å². The minimum Gasteiger partial charge on any atom is -0.461 e. The van der Waals surface area contributed by atoms with Crippen LogP contribution in [-0.4, -0.2) is 14.8 Å². The summed E-state index contributed by atoms with van der Waals surface area (Å²) in [6.07, 6.45) is -3.55. The molecule has 6 nitrogen and oxygen atoms in total. The number of sulfonamides is 1. The molecule has 0 bridgehead atoms. The van der Waals surface area contributed by atoms with Gasteiger partial charge in [-0.25, -0.2) is 13.1 Å². The Hall–Kier alpha value is -2.72. The lowest BCUT2D eigenvalue weighted by Crippen LogP contribution is -2.25. The highest BCUT2D eigenvalue weighted by molar-refractivity contribution is 7.89. The van der Waals surface area contributed by atoms with Crippen LogP contribution < -0.4 is 9.46 Å². The number of nitrogens with one attached hydrogen (secondary N) is 1. The Morgan fingerprint density at radius 1 is 1.00 bits per heavy atom. The third-order valence-corrected chi connectivity index (χ3v) is 4.67. The van der Waals surface area contributed by atoms with E-state index < -0.39 is 27.0 Å². The van der Waals surface area contributed by atoms with E-state index in [9.17, 15) is 21.6 Å². The van der Waals surface area contributed by atoms with Crippen molar-refractivity contribution in [3.8, 4) is 17.3 Å². The van der Waals surface area contributed by atoms with E-state index in [0.717, 1.165) is 12.1 Å².